The number of aryl methyl sites for hydroxylation is 2. The Bertz CT molecular complexity index is 1090. The van der Waals surface area contributed by atoms with Crippen LogP contribution in [-0.4, -0.2) is 10.4 Å². The Hall–Kier alpha value is -2.88. The monoisotopic (exact) mass is 459 g/mol. The lowest BCUT2D eigenvalue weighted by Crippen LogP contribution is -2.38. The number of benzene rings is 2. The van der Waals surface area contributed by atoms with Crippen molar-refractivity contribution in [1.29, 1.82) is 0 Å². The smallest absolute Gasteiger partial charge is 0.324 e. The van der Waals surface area contributed by atoms with E-state index in [2.05, 4.69) is 133 Å². The number of nitrogens with zero attached hydrogens (tertiary/aromatic N) is 3. The Labute approximate surface area is 206 Å². The highest BCUT2D eigenvalue weighted by Gasteiger charge is 2.25. The fourth-order valence-electron chi connectivity index (χ4n) is 4.62. The van der Waals surface area contributed by atoms with Crippen LogP contribution in [0, 0.1) is 0 Å². The highest BCUT2D eigenvalue weighted by atomic mass is 15.2. The van der Waals surface area contributed by atoms with Crippen molar-refractivity contribution >= 4 is 17.2 Å². The molecule has 0 saturated heterocycles. The molecule has 34 heavy (non-hydrogen) atoms. The van der Waals surface area contributed by atoms with Gasteiger partial charge in [-0.25, -0.2) is 14.1 Å². The molecule has 0 fully saturated rings. The number of rotatable bonds is 7. The van der Waals surface area contributed by atoms with Crippen LogP contribution in [0.4, 0.5) is 11.4 Å². The van der Waals surface area contributed by atoms with Crippen molar-refractivity contribution in [2.45, 2.75) is 79.1 Å². The predicted octanol–water partition coefficient (Wildman–Crippen LogP) is 7.53. The van der Waals surface area contributed by atoms with Gasteiger partial charge in [-0.15, -0.1) is 0 Å². The van der Waals surface area contributed by atoms with Crippen LogP contribution in [0.1, 0.15) is 107 Å². The molecule has 0 aliphatic heterocycles. The molecule has 182 valence electrons. The zero-order chi connectivity index (χ0) is 25.2. The highest BCUT2D eigenvalue weighted by Crippen LogP contribution is 2.36. The maximum absolute atomic E-state index is 5.43. The first-order chi connectivity index (χ1) is 16.0. The van der Waals surface area contributed by atoms with Crippen molar-refractivity contribution in [2.24, 2.45) is 19.1 Å². The first-order valence-corrected chi connectivity index (χ1v) is 12.7. The van der Waals surface area contributed by atoms with Crippen LogP contribution in [0.2, 0.25) is 0 Å². The number of aromatic nitrogens is 2. The zero-order valence-corrected chi connectivity index (χ0v) is 22.8. The first-order valence-electron chi connectivity index (χ1n) is 12.7. The Morgan fingerprint density at radius 2 is 1.21 bits per heavy atom. The van der Waals surface area contributed by atoms with Gasteiger partial charge in [0, 0.05) is 5.69 Å². The normalized spacial score (nSPS) is 12.5. The number of anilines is 1. The second kappa shape index (κ2) is 10.6. The standard InChI is InChI=1S/C30H43N4/c1-19(2)23-13-11-14-24(20(3)4)27(23)31-29(30-33(9)17-18-34(30)10)32-28-25(21(5)6)15-12-16-26(28)22(7)8/h11-22H,1-10H3,(H,31,32)/q+1. The third kappa shape index (κ3) is 5.27. The first kappa shape index (κ1) is 25.7. The van der Waals surface area contributed by atoms with Crippen molar-refractivity contribution in [3.63, 3.8) is 0 Å². The van der Waals surface area contributed by atoms with Crippen LogP contribution in [0.25, 0.3) is 0 Å². The summed E-state index contributed by atoms with van der Waals surface area (Å²) >= 11 is 0. The van der Waals surface area contributed by atoms with E-state index in [1.165, 1.54) is 27.9 Å². The third-order valence-corrected chi connectivity index (χ3v) is 6.58. The van der Waals surface area contributed by atoms with Crippen molar-refractivity contribution in [3.8, 4) is 0 Å². The van der Waals surface area contributed by atoms with Crippen molar-refractivity contribution in [3.05, 3.63) is 76.9 Å². The van der Waals surface area contributed by atoms with Gasteiger partial charge in [-0.1, -0.05) is 91.8 Å². The van der Waals surface area contributed by atoms with Crippen molar-refractivity contribution in [1.82, 2.24) is 4.57 Å². The average molecular weight is 460 g/mol. The van der Waals surface area contributed by atoms with Crippen LogP contribution in [-0.2, 0) is 14.1 Å². The lowest BCUT2D eigenvalue weighted by Gasteiger charge is -2.22. The zero-order valence-electron chi connectivity index (χ0n) is 22.8. The molecule has 0 atom stereocenters. The summed E-state index contributed by atoms with van der Waals surface area (Å²) in [5, 5.41) is 3.85. The molecule has 0 saturated carbocycles. The summed E-state index contributed by atoms with van der Waals surface area (Å²) in [7, 11) is 4.17. The van der Waals surface area contributed by atoms with Crippen LogP contribution in [0.3, 0.4) is 0 Å². The molecule has 0 spiro atoms. The number of imidazole rings is 1. The van der Waals surface area contributed by atoms with Crippen LogP contribution in [0.5, 0.6) is 0 Å². The SMILES string of the molecule is CC(C)c1cccc(C(C)C)c1N=C(Nc1c(C(C)C)cccc1C(C)C)c1n(C)cc[n+]1C. The fourth-order valence-corrected chi connectivity index (χ4v) is 4.62. The molecule has 0 bridgehead atoms. The second-order valence-electron chi connectivity index (χ2n) is 10.6. The summed E-state index contributed by atoms with van der Waals surface area (Å²) in [6.45, 7) is 18.0. The Morgan fingerprint density at radius 1 is 0.765 bits per heavy atom. The summed E-state index contributed by atoms with van der Waals surface area (Å²) in [6.07, 6.45) is 4.17. The lowest BCUT2D eigenvalue weighted by molar-refractivity contribution is -0.672. The van der Waals surface area contributed by atoms with E-state index in [0.717, 1.165) is 17.3 Å². The molecule has 0 aliphatic carbocycles. The Morgan fingerprint density at radius 3 is 1.59 bits per heavy atom. The van der Waals surface area contributed by atoms with Gasteiger partial charge in [0.2, 0.25) is 5.84 Å². The second-order valence-corrected chi connectivity index (χ2v) is 10.6. The summed E-state index contributed by atoms with van der Waals surface area (Å²) in [6, 6.07) is 13.3. The molecular weight excluding hydrogens is 416 g/mol. The maximum atomic E-state index is 5.43. The number of amidine groups is 1. The molecule has 2 aromatic carbocycles. The van der Waals surface area contributed by atoms with E-state index in [9.17, 15) is 0 Å². The van der Waals surface area contributed by atoms with E-state index >= 15 is 0 Å². The molecule has 1 N–H and O–H groups in total. The molecule has 0 radical (unpaired) electrons. The molecule has 1 aromatic heterocycles. The van der Waals surface area contributed by atoms with Gasteiger partial charge in [0.25, 0.3) is 0 Å². The molecule has 0 amide bonds. The van der Waals surface area contributed by atoms with Crippen LogP contribution >= 0.6 is 0 Å². The summed E-state index contributed by atoms with van der Waals surface area (Å²) < 4.78 is 4.29. The molecule has 0 aliphatic rings. The minimum Gasteiger partial charge on any atom is -0.333 e. The molecular formula is C30H43N4+. The number of nitrogens with one attached hydrogen (secondary N) is 1. The van der Waals surface area contributed by atoms with E-state index in [1.54, 1.807) is 0 Å². The topological polar surface area (TPSA) is 33.2 Å². The van der Waals surface area contributed by atoms with E-state index < -0.39 is 0 Å². The van der Waals surface area contributed by atoms with Crippen molar-refractivity contribution in [2.75, 3.05) is 5.32 Å². The van der Waals surface area contributed by atoms with Gasteiger partial charge in [0.05, 0.1) is 19.8 Å². The third-order valence-electron chi connectivity index (χ3n) is 6.58. The molecule has 4 heteroatoms. The summed E-state index contributed by atoms with van der Waals surface area (Å²) in [4.78, 5) is 5.43. The number of hydrogen-bond acceptors (Lipinski definition) is 1. The highest BCUT2D eigenvalue weighted by molar-refractivity contribution is 6.07. The van der Waals surface area contributed by atoms with Crippen molar-refractivity contribution < 1.29 is 4.57 Å². The summed E-state index contributed by atoms with van der Waals surface area (Å²) in [5.41, 5.74) is 7.46. The number of para-hydroxylation sites is 2. The van der Waals surface area contributed by atoms with Crippen LogP contribution < -0.4 is 9.88 Å². The molecule has 4 nitrogen and oxygen atoms in total. The largest absolute Gasteiger partial charge is 0.333 e. The molecule has 1 heterocycles. The maximum Gasteiger partial charge on any atom is 0.324 e. The van der Waals surface area contributed by atoms with E-state index in [4.69, 9.17) is 4.99 Å². The summed E-state index contributed by atoms with van der Waals surface area (Å²) in [5.74, 6) is 3.49. The quantitative estimate of drug-likeness (QED) is 0.221. The van der Waals surface area contributed by atoms with E-state index in [0.29, 0.717) is 23.7 Å². The average Bonchev–Trinajstić information content (AvgIpc) is 3.10. The van der Waals surface area contributed by atoms with E-state index in [-0.39, 0.29) is 0 Å². The molecule has 3 aromatic rings. The van der Waals surface area contributed by atoms with Crippen LogP contribution in [0.15, 0.2) is 53.8 Å². The van der Waals surface area contributed by atoms with Gasteiger partial charge in [0.15, 0.2) is 0 Å². The van der Waals surface area contributed by atoms with E-state index in [1.807, 2.05) is 0 Å². The predicted molar refractivity (Wildman–Crippen MR) is 146 cm³/mol. The number of aliphatic imine (C=N–C) groups is 1. The minimum atomic E-state index is 0.384. The lowest BCUT2D eigenvalue weighted by atomic mass is 9.92. The Balaban J connectivity index is 2.34. The van der Waals surface area contributed by atoms with Gasteiger partial charge in [-0.2, -0.15) is 0 Å². The van der Waals surface area contributed by atoms with Gasteiger partial charge in [-0.3, -0.25) is 0 Å². The number of hydrogen-bond donors (Lipinski definition) is 1. The van der Waals surface area contributed by atoms with Gasteiger partial charge in [0.1, 0.15) is 12.4 Å². The fraction of sp³-hybridized carbons (Fsp3) is 0.467. The Kier molecular flexibility index (Phi) is 8.01. The van der Waals surface area contributed by atoms with Gasteiger partial charge >= 0.3 is 5.82 Å². The molecule has 0 unspecified atom stereocenters. The van der Waals surface area contributed by atoms with Gasteiger partial charge in [-0.05, 0) is 45.9 Å². The van der Waals surface area contributed by atoms with Gasteiger partial charge < -0.3 is 5.32 Å². The molecule has 3 rings (SSSR count). The minimum absolute atomic E-state index is 0.384.